The van der Waals surface area contributed by atoms with E-state index in [0.717, 1.165) is 11.3 Å². The van der Waals surface area contributed by atoms with Crippen molar-refractivity contribution in [2.45, 2.75) is 12.8 Å². The summed E-state index contributed by atoms with van der Waals surface area (Å²) in [5, 5.41) is 12.6. The number of aliphatic carboxylic acids is 1. The van der Waals surface area contributed by atoms with Crippen LogP contribution in [0.25, 0.3) is 0 Å². The van der Waals surface area contributed by atoms with E-state index in [2.05, 4.69) is 10.3 Å². The maximum absolute atomic E-state index is 10.9. The molecule has 1 heterocycles. The molecule has 2 rings (SSSR count). The number of carboxylic acids is 1. The van der Waals surface area contributed by atoms with Gasteiger partial charge in [0, 0.05) is 11.9 Å². The molecule has 0 saturated heterocycles. The summed E-state index contributed by atoms with van der Waals surface area (Å²) in [5.74, 6) is -0.661. The molecule has 19 heavy (non-hydrogen) atoms. The number of hydrogen-bond donors (Lipinski definition) is 2. The van der Waals surface area contributed by atoms with E-state index in [1.807, 2.05) is 12.1 Å². The van der Waals surface area contributed by atoms with Crippen LogP contribution in [0.2, 0.25) is 5.02 Å². The molecular weight excluding hydrogens is 264 g/mol. The number of carboxylic acid groups (broad SMARTS) is 1. The van der Waals surface area contributed by atoms with Crippen LogP contribution in [0.5, 0.6) is 0 Å². The summed E-state index contributed by atoms with van der Waals surface area (Å²) in [6, 6.07) is 10.7. The topological polar surface area (TPSA) is 62.2 Å². The Morgan fingerprint density at radius 1 is 1.26 bits per heavy atom. The first-order valence-corrected chi connectivity index (χ1v) is 6.15. The molecule has 98 valence electrons. The van der Waals surface area contributed by atoms with E-state index < -0.39 is 11.9 Å². The number of halogens is 1. The average Bonchev–Trinajstić information content (AvgIpc) is 2.41. The second-order valence-corrected chi connectivity index (χ2v) is 4.61. The van der Waals surface area contributed by atoms with Gasteiger partial charge in [-0.2, -0.15) is 0 Å². The van der Waals surface area contributed by atoms with Crippen LogP contribution in [0.4, 0.5) is 11.5 Å². The van der Waals surface area contributed by atoms with Gasteiger partial charge in [-0.05, 0) is 36.8 Å². The standard InChI is InChI=1S/C14H13ClN2O2/c1-9(14(18)19)10-2-5-12(6-3-10)17-13-7-4-11(15)8-16-13/h2-9H,1H3,(H,16,17)(H,18,19)/t9-/m0/s1. The van der Waals surface area contributed by atoms with Gasteiger partial charge in [0.15, 0.2) is 0 Å². The van der Waals surface area contributed by atoms with Crippen molar-refractivity contribution in [2.75, 3.05) is 5.32 Å². The molecule has 1 aromatic heterocycles. The van der Waals surface area contributed by atoms with Crippen LogP contribution in [0, 0.1) is 0 Å². The van der Waals surface area contributed by atoms with Crippen molar-refractivity contribution in [3.8, 4) is 0 Å². The Bertz CT molecular complexity index is 567. The van der Waals surface area contributed by atoms with Gasteiger partial charge in [0.05, 0.1) is 10.9 Å². The van der Waals surface area contributed by atoms with Gasteiger partial charge in [0.1, 0.15) is 5.82 Å². The first kappa shape index (κ1) is 13.4. The predicted molar refractivity (Wildman–Crippen MR) is 75.0 cm³/mol. The maximum atomic E-state index is 10.9. The molecule has 0 unspecified atom stereocenters. The predicted octanol–water partition coefficient (Wildman–Crippen LogP) is 3.67. The van der Waals surface area contributed by atoms with Gasteiger partial charge in [-0.1, -0.05) is 23.7 Å². The molecule has 0 spiro atoms. The number of nitrogens with one attached hydrogen (secondary N) is 1. The molecule has 4 nitrogen and oxygen atoms in total. The molecule has 0 amide bonds. The van der Waals surface area contributed by atoms with Crippen LogP contribution in [0.1, 0.15) is 18.4 Å². The third-order valence-corrected chi connectivity index (χ3v) is 3.00. The van der Waals surface area contributed by atoms with E-state index in [9.17, 15) is 4.79 Å². The molecule has 0 aliphatic rings. The SMILES string of the molecule is C[C@H](C(=O)O)c1ccc(Nc2ccc(Cl)cn2)cc1. The number of rotatable bonds is 4. The van der Waals surface area contributed by atoms with E-state index >= 15 is 0 Å². The lowest BCUT2D eigenvalue weighted by Crippen LogP contribution is -2.07. The molecule has 0 fully saturated rings. The maximum Gasteiger partial charge on any atom is 0.310 e. The average molecular weight is 277 g/mol. The van der Waals surface area contributed by atoms with Crippen molar-refractivity contribution in [1.82, 2.24) is 4.98 Å². The highest BCUT2D eigenvalue weighted by molar-refractivity contribution is 6.30. The highest BCUT2D eigenvalue weighted by Crippen LogP contribution is 2.20. The first-order chi connectivity index (χ1) is 9.06. The smallest absolute Gasteiger partial charge is 0.310 e. The molecule has 0 aliphatic carbocycles. The molecule has 5 heteroatoms. The van der Waals surface area contributed by atoms with Crippen molar-refractivity contribution in [2.24, 2.45) is 0 Å². The fourth-order valence-corrected chi connectivity index (χ4v) is 1.71. The third kappa shape index (κ3) is 3.45. The molecule has 0 radical (unpaired) electrons. The van der Waals surface area contributed by atoms with Crippen molar-refractivity contribution in [3.63, 3.8) is 0 Å². The number of anilines is 2. The van der Waals surface area contributed by atoms with Crippen molar-refractivity contribution in [1.29, 1.82) is 0 Å². The van der Waals surface area contributed by atoms with Crippen LogP contribution in [0.15, 0.2) is 42.6 Å². The summed E-state index contributed by atoms with van der Waals surface area (Å²) in [6.45, 7) is 1.66. The highest BCUT2D eigenvalue weighted by atomic mass is 35.5. The monoisotopic (exact) mass is 276 g/mol. The van der Waals surface area contributed by atoms with Gasteiger partial charge in [-0.3, -0.25) is 4.79 Å². The molecule has 0 saturated carbocycles. The molecule has 2 aromatic rings. The van der Waals surface area contributed by atoms with Gasteiger partial charge in [0.25, 0.3) is 0 Å². The summed E-state index contributed by atoms with van der Waals surface area (Å²) in [6.07, 6.45) is 1.56. The molecule has 1 aromatic carbocycles. The number of nitrogens with zero attached hydrogens (tertiary/aromatic N) is 1. The first-order valence-electron chi connectivity index (χ1n) is 5.77. The van der Waals surface area contributed by atoms with Crippen LogP contribution >= 0.6 is 11.6 Å². The lowest BCUT2D eigenvalue weighted by molar-refractivity contribution is -0.138. The van der Waals surface area contributed by atoms with Gasteiger partial charge in [0.2, 0.25) is 0 Å². The summed E-state index contributed by atoms with van der Waals surface area (Å²) in [4.78, 5) is 15.0. The van der Waals surface area contributed by atoms with E-state index in [0.29, 0.717) is 10.8 Å². The van der Waals surface area contributed by atoms with Gasteiger partial charge >= 0.3 is 5.97 Å². The summed E-state index contributed by atoms with van der Waals surface area (Å²) in [7, 11) is 0. The van der Waals surface area contributed by atoms with Gasteiger partial charge < -0.3 is 10.4 Å². The Hall–Kier alpha value is -2.07. The number of benzene rings is 1. The van der Waals surface area contributed by atoms with E-state index in [-0.39, 0.29) is 0 Å². The Morgan fingerprint density at radius 3 is 2.47 bits per heavy atom. The Balaban J connectivity index is 2.10. The lowest BCUT2D eigenvalue weighted by atomic mass is 10.0. The fraction of sp³-hybridized carbons (Fsp3) is 0.143. The van der Waals surface area contributed by atoms with Crippen molar-refractivity contribution >= 4 is 29.1 Å². The van der Waals surface area contributed by atoms with Crippen LogP contribution in [0.3, 0.4) is 0 Å². The minimum atomic E-state index is -0.833. The highest BCUT2D eigenvalue weighted by Gasteiger charge is 2.12. The molecule has 0 aliphatic heterocycles. The van der Waals surface area contributed by atoms with E-state index in [1.165, 1.54) is 0 Å². The van der Waals surface area contributed by atoms with Crippen LogP contribution < -0.4 is 5.32 Å². The summed E-state index contributed by atoms with van der Waals surface area (Å²) < 4.78 is 0. The second kappa shape index (κ2) is 5.71. The number of carbonyl (C=O) groups is 1. The quantitative estimate of drug-likeness (QED) is 0.894. The Labute approximate surface area is 116 Å². The largest absolute Gasteiger partial charge is 0.481 e. The molecule has 0 bridgehead atoms. The third-order valence-electron chi connectivity index (χ3n) is 2.78. The summed E-state index contributed by atoms with van der Waals surface area (Å²) >= 11 is 5.75. The van der Waals surface area contributed by atoms with Crippen LogP contribution in [-0.4, -0.2) is 16.1 Å². The Morgan fingerprint density at radius 2 is 1.95 bits per heavy atom. The number of aromatic nitrogens is 1. The van der Waals surface area contributed by atoms with Crippen LogP contribution in [-0.2, 0) is 4.79 Å². The lowest BCUT2D eigenvalue weighted by Gasteiger charge is -2.09. The number of hydrogen-bond acceptors (Lipinski definition) is 3. The fourth-order valence-electron chi connectivity index (χ4n) is 1.60. The van der Waals surface area contributed by atoms with Gasteiger partial charge in [-0.25, -0.2) is 4.98 Å². The normalized spacial score (nSPS) is 11.9. The zero-order valence-corrected chi connectivity index (χ0v) is 11.1. The van der Waals surface area contributed by atoms with Crippen molar-refractivity contribution in [3.05, 3.63) is 53.2 Å². The zero-order valence-electron chi connectivity index (χ0n) is 10.3. The number of pyridine rings is 1. The zero-order chi connectivity index (χ0) is 13.8. The minimum absolute atomic E-state index is 0.511. The second-order valence-electron chi connectivity index (χ2n) is 4.17. The van der Waals surface area contributed by atoms with Gasteiger partial charge in [-0.15, -0.1) is 0 Å². The van der Waals surface area contributed by atoms with E-state index in [4.69, 9.17) is 16.7 Å². The molecule has 2 N–H and O–H groups in total. The van der Waals surface area contributed by atoms with Crippen molar-refractivity contribution < 1.29 is 9.90 Å². The van der Waals surface area contributed by atoms with E-state index in [1.54, 1.807) is 37.4 Å². The Kier molecular flexibility index (Phi) is 4.02. The summed E-state index contributed by atoms with van der Waals surface area (Å²) in [5.41, 5.74) is 1.61. The molecular formula is C14H13ClN2O2. The minimum Gasteiger partial charge on any atom is -0.481 e. The molecule has 1 atom stereocenters.